The molecule has 1 saturated heterocycles. The van der Waals surface area contributed by atoms with Gasteiger partial charge in [0, 0.05) is 31.7 Å². The highest BCUT2D eigenvalue weighted by Crippen LogP contribution is 2.21. The average molecular weight is 292 g/mol. The summed E-state index contributed by atoms with van der Waals surface area (Å²) in [5.41, 5.74) is 2.19. The fraction of sp³-hybridized carbons (Fsp3) is 0.647. The molecule has 1 aromatic rings. The maximum atomic E-state index is 9.43. The van der Waals surface area contributed by atoms with Crippen LogP contribution in [-0.2, 0) is 13.0 Å². The number of aliphatic hydroxyl groups is 1. The van der Waals surface area contributed by atoms with Crippen molar-refractivity contribution in [2.45, 2.75) is 26.4 Å². The molecule has 118 valence electrons. The number of likely N-dealkylation sites (N-methyl/N-ethyl adjacent to an activating group) is 1. The number of rotatable bonds is 7. The molecular formula is C17H28N2O2. The largest absolute Gasteiger partial charge is 0.494 e. The summed E-state index contributed by atoms with van der Waals surface area (Å²) in [5.74, 6) is 0.808. The minimum Gasteiger partial charge on any atom is -0.494 e. The molecule has 0 bridgehead atoms. The van der Waals surface area contributed by atoms with Crippen molar-refractivity contribution in [3.05, 3.63) is 29.3 Å². The summed E-state index contributed by atoms with van der Waals surface area (Å²) < 4.78 is 5.52. The lowest BCUT2D eigenvalue weighted by atomic mass is 10.1. The summed E-state index contributed by atoms with van der Waals surface area (Å²) in [6.07, 6.45) is 2.23. The lowest BCUT2D eigenvalue weighted by molar-refractivity contribution is 0.153. The Bertz CT molecular complexity index is 429. The van der Waals surface area contributed by atoms with E-state index in [1.54, 1.807) is 0 Å². The maximum absolute atomic E-state index is 9.43. The Morgan fingerprint density at radius 3 is 2.62 bits per heavy atom. The predicted molar refractivity (Wildman–Crippen MR) is 85.8 cm³/mol. The van der Waals surface area contributed by atoms with Crippen molar-refractivity contribution in [2.75, 3.05) is 46.4 Å². The Balaban J connectivity index is 1.80. The van der Waals surface area contributed by atoms with Gasteiger partial charge >= 0.3 is 0 Å². The molecule has 1 fully saturated rings. The van der Waals surface area contributed by atoms with Gasteiger partial charge in [-0.15, -0.1) is 0 Å². The molecule has 4 nitrogen and oxygen atoms in total. The van der Waals surface area contributed by atoms with E-state index in [4.69, 9.17) is 4.74 Å². The topological polar surface area (TPSA) is 35.9 Å². The van der Waals surface area contributed by atoms with Crippen LogP contribution < -0.4 is 4.74 Å². The van der Waals surface area contributed by atoms with E-state index in [0.717, 1.165) is 24.3 Å². The number of nitrogens with zero attached hydrogens (tertiary/aromatic N) is 2. The summed E-state index contributed by atoms with van der Waals surface area (Å²) in [4.78, 5) is 4.93. The van der Waals surface area contributed by atoms with Crippen LogP contribution in [0.4, 0.5) is 0 Å². The third-order valence-electron chi connectivity index (χ3n) is 4.13. The lowest BCUT2D eigenvalue weighted by Crippen LogP contribution is -2.44. The second kappa shape index (κ2) is 8.37. The average Bonchev–Trinajstić information content (AvgIpc) is 2.51. The normalized spacial score (nSPS) is 17.1. The molecule has 0 amide bonds. The van der Waals surface area contributed by atoms with Crippen LogP contribution in [0.15, 0.2) is 18.2 Å². The highest BCUT2D eigenvalue weighted by molar-refractivity contribution is 5.37. The van der Waals surface area contributed by atoms with E-state index in [2.05, 4.69) is 29.0 Å². The van der Waals surface area contributed by atoms with Crippen LogP contribution in [0, 0.1) is 0 Å². The third-order valence-corrected chi connectivity index (χ3v) is 4.13. The number of aliphatic hydroxyl groups excluding tert-OH is 1. The van der Waals surface area contributed by atoms with Gasteiger partial charge < -0.3 is 19.6 Å². The van der Waals surface area contributed by atoms with Crippen molar-refractivity contribution in [1.29, 1.82) is 0 Å². The van der Waals surface area contributed by atoms with Gasteiger partial charge in [-0.25, -0.2) is 0 Å². The van der Waals surface area contributed by atoms with Crippen molar-refractivity contribution < 1.29 is 9.84 Å². The Hall–Kier alpha value is -1.10. The van der Waals surface area contributed by atoms with E-state index < -0.39 is 0 Å². The SMILES string of the molecule is CCOc1ccc(CCCN2CCN(C)CC2)cc1CO. The molecule has 0 unspecified atom stereocenters. The molecule has 2 rings (SSSR count). The summed E-state index contributed by atoms with van der Waals surface area (Å²) in [6, 6.07) is 6.18. The van der Waals surface area contributed by atoms with Crippen molar-refractivity contribution in [1.82, 2.24) is 9.80 Å². The molecule has 4 heteroatoms. The first-order valence-electron chi connectivity index (χ1n) is 7.99. The van der Waals surface area contributed by atoms with Gasteiger partial charge in [0.2, 0.25) is 0 Å². The number of aryl methyl sites for hydroxylation is 1. The van der Waals surface area contributed by atoms with Gasteiger partial charge in [0.05, 0.1) is 13.2 Å². The molecule has 21 heavy (non-hydrogen) atoms. The van der Waals surface area contributed by atoms with Crippen molar-refractivity contribution in [3.63, 3.8) is 0 Å². The molecule has 0 atom stereocenters. The summed E-state index contributed by atoms with van der Waals surface area (Å²) in [7, 11) is 2.19. The standard InChI is InChI=1S/C17H28N2O2/c1-3-21-17-7-6-15(13-16(17)14-20)5-4-8-19-11-9-18(2)10-12-19/h6-7,13,20H,3-5,8-12,14H2,1-2H3. The Kier molecular flexibility index (Phi) is 6.49. The number of ether oxygens (including phenoxy) is 1. The number of hydrogen-bond donors (Lipinski definition) is 1. The Labute approximate surface area is 128 Å². The van der Waals surface area contributed by atoms with Crippen LogP contribution in [0.5, 0.6) is 5.75 Å². The van der Waals surface area contributed by atoms with Gasteiger partial charge in [0.1, 0.15) is 5.75 Å². The third kappa shape index (κ3) is 4.99. The van der Waals surface area contributed by atoms with Gasteiger partial charge in [-0.1, -0.05) is 6.07 Å². The van der Waals surface area contributed by atoms with Gasteiger partial charge in [-0.3, -0.25) is 0 Å². The first-order chi connectivity index (χ1) is 10.2. The molecule has 1 aliphatic heterocycles. The number of benzene rings is 1. The van der Waals surface area contributed by atoms with Crippen molar-refractivity contribution >= 4 is 0 Å². The highest BCUT2D eigenvalue weighted by atomic mass is 16.5. The van der Waals surface area contributed by atoms with E-state index in [0.29, 0.717) is 6.61 Å². The molecule has 1 heterocycles. The van der Waals surface area contributed by atoms with Crippen LogP contribution in [0.1, 0.15) is 24.5 Å². The van der Waals surface area contributed by atoms with Gasteiger partial charge in [-0.2, -0.15) is 0 Å². The van der Waals surface area contributed by atoms with E-state index in [-0.39, 0.29) is 6.61 Å². The number of hydrogen-bond acceptors (Lipinski definition) is 4. The smallest absolute Gasteiger partial charge is 0.124 e. The molecule has 1 aliphatic rings. The number of piperazine rings is 1. The van der Waals surface area contributed by atoms with Crippen molar-refractivity contribution in [3.8, 4) is 5.75 Å². The molecule has 0 aromatic heterocycles. The monoisotopic (exact) mass is 292 g/mol. The quantitative estimate of drug-likeness (QED) is 0.831. The first-order valence-corrected chi connectivity index (χ1v) is 7.99. The summed E-state index contributed by atoms with van der Waals surface area (Å²) in [5, 5.41) is 9.43. The van der Waals surface area contributed by atoms with Crippen LogP contribution in [0.25, 0.3) is 0 Å². The maximum Gasteiger partial charge on any atom is 0.124 e. The first kappa shape index (κ1) is 16.3. The molecule has 0 radical (unpaired) electrons. The molecular weight excluding hydrogens is 264 g/mol. The van der Waals surface area contributed by atoms with E-state index in [9.17, 15) is 5.11 Å². The van der Waals surface area contributed by atoms with E-state index in [1.807, 2.05) is 13.0 Å². The summed E-state index contributed by atoms with van der Waals surface area (Å²) in [6.45, 7) is 8.52. The lowest BCUT2D eigenvalue weighted by Gasteiger charge is -2.32. The van der Waals surface area contributed by atoms with Crippen LogP contribution in [0.2, 0.25) is 0 Å². The molecule has 0 aliphatic carbocycles. The zero-order valence-electron chi connectivity index (χ0n) is 13.3. The zero-order valence-corrected chi connectivity index (χ0v) is 13.3. The van der Waals surface area contributed by atoms with Gasteiger partial charge in [0.15, 0.2) is 0 Å². The second-order valence-corrected chi connectivity index (χ2v) is 5.78. The minimum absolute atomic E-state index is 0.0433. The fourth-order valence-corrected chi connectivity index (χ4v) is 2.79. The molecule has 0 saturated carbocycles. The highest BCUT2D eigenvalue weighted by Gasteiger charge is 2.13. The second-order valence-electron chi connectivity index (χ2n) is 5.78. The zero-order chi connectivity index (χ0) is 15.1. The van der Waals surface area contributed by atoms with Gasteiger partial charge in [-0.05, 0) is 51.1 Å². The fourth-order valence-electron chi connectivity index (χ4n) is 2.79. The van der Waals surface area contributed by atoms with Crippen LogP contribution in [-0.4, -0.2) is 61.3 Å². The van der Waals surface area contributed by atoms with E-state index >= 15 is 0 Å². The van der Waals surface area contributed by atoms with Gasteiger partial charge in [0.25, 0.3) is 0 Å². The predicted octanol–water partition coefficient (Wildman–Crippen LogP) is 1.76. The summed E-state index contributed by atoms with van der Waals surface area (Å²) >= 11 is 0. The minimum atomic E-state index is 0.0433. The van der Waals surface area contributed by atoms with Crippen LogP contribution >= 0.6 is 0 Å². The Morgan fingerprint density at radius 2 is 1.95 bits per heavy atom. The van der Waals surface area contributed by atoms with Crippen molar-refractivity contribution in [2.24, 2.45) is 0 Å². The van der Waals surface area contributed by atoms with E-state index in [1.165, 1.54) is 38.2 Å². The molecule has 1 aromatic carbocycles. The molecule has 0 spiro atoms. The van der Waals surface area contributed by atoms with Crippen LogP contribution in [0.3, 0.4) is 0 Å². The molecule has 1 N–H and O–H groups in total. The Morgan fingerprint density at radius 1 is 1.19 bits per heavy atom.